The fourth-order valence-corrected chi connectivity index (χ4v) is 2.66. The summed E-state index contributed by atoms with van der Waals surface area (Å²) < 4.78 is 0. The van der Waals surface area contributed by atoms with E-state index >= 15 is 0 Å². The molecule has 1 aromatic rings. The predicted octanol–water partition coefficient (Wildman–Crippen LogP) is 3.07. The molecule has 0 aliphatic heterocycles. The molecule has 1 nitrogen and oxygen atoms in total. The monoisotopic (exact) mass is 179 g/mol. The summed E-state index contributed by atoms with van der Waals surface area (Å²) in [5.41, 5.74) is 1.86. The molecular weight excluding hydrogens is 166 g/mol. The molecule has 1 aromatic heterocycles. The van der Waals surface area contributed by atoms with E-state index in [0.29, 0.717) is 5.41 Å². The van der Waals surface area contributed by atoms with Crippen LogP contribution in [0.4, 0.5) is 0 Å². The summed E-state index contributed by atoms with van der Waals surface area (Å²) in [6, 6.07) is 0. The second-order valence-electron chi connectivity index (χ2n) is 4.41. The molecule has 2 heteroatoms. The zero-order valence-electron chi connectivity index (χ0n) is 7.34. The molecule has 12 heavy (non-hydrogen) atoms. The molecule has 0 amide bonds. The van der Waals surface area contributed by atoms with E-state index < -0.39 is 0 Å². The Morgan fingerprint density at radius 2 is 2.25 bits per heavy atom. The molecular formula is C10H13NS. The lowest BCUT2D eigenvalue weighted by Crippen LogP contribution is -1.98. The summed E-state index contributed by atoms with van der Waals surface area (Å²) in [6.45, 7) is 2.34. The van der Waals surface area contributed by atoms with Crippen molar-refractivity contribution in [1.29, 1.82) is 0 Å². The molecule has 2 fully saturated rings. The fourth-order valence-electron chi connectivity index (χ4n) is 1.53. The second kappa shape index (κ2) is 2.11. The molecule has 0 N–H and O–H groups in total. The lowest BCUT2D eigenvalue weighted by molar-refractivity contribution is 0.768. The Hall–Kier alpha value is -0.370. The van der Waals surface area contributed by atoms with Gasteiger partial charge in [0.15, 0.2) is 0 Å². The van der Waals surface area contributed by atoms with E-state index in [1.54, 1.807) is 0 Å². The average molecular weight is 179 g/mol. The number of aromatic nitrogens is 1. The van der Waals surface area contributed by atoms with E-state index in [2.05, 4.69) is 12.3 Å². The van der Waals surface area contributed by atoms with E-state index in [0.717, 1.165) is 5.92 Å². The van der Waals surface area contributed by atoms with Crippen molar-refractivity contribution in [1.82, 2.24) is 4.98 Å². The highest BCUT2D eigenvalue weighted by Crippen LogP contribution is 2.50. The highest BCUT2D eigenvalue weighted by Gasteiger charge is 2.42. The predicted molar refractivity (Wildman–Crippen MR) is 50.7 cm³/mol. The van der Waals surface area contributed by atoms with Gasteiger partial charge >= 0.3 is 0 Å². The minimum Gasteiger partial charge on any atom is -0.245 e. The molecule has 64 valence electrons. The van der Waals surface area contributed by atoms with Crippen molar-refractivity contribution in [2.24, 2.45) is 0 Å². The van der Waals surface area contributed by atoms with Crippen LogP contribution in [-0.4, -0.2) is 4.98 Å². The molecule has 3 rings (SSSR count). The third-order valence-electron chi connectivity index (χ3n) is 3.03. The van der Waals surface area contributed by atoms with Gasteiger partial charge in [0.1, 0.15) is 0 Å². The summed E-state index contributed by atoms with van der Waals surface area (Å²) >= 11 is 1.88. The maximum Gasteiger partial charge on any atom is 0.0987 e. The molecule has 1 heterocycles. The van der Waals surface area contributed by atoms with E-state index in [1.165, 1.54) is 36.4 Å². The minimum atomic E-state index is 0.484. The van der Waals surface area contributed by atoms with Crippen molar-refractivity contribution in [3.05, 3.63) is 16.1 Å². The summed E-state index contributed by atoms with van der Waals surface area (Å²) in [6.07, 6.45) is 5.45. The van der Waals surface area contributed by atoms with Gasteiger partial charge in [-0.05, 0) is 25.7 Å². The molecule has 0 radical (unpaired) electrons. The third kappa shape index (κ3) is 1.01. The molecule has 2 aliphatic carbocycles. The maximum absolute atomic E-state index is 4.72. The second-order valence-corrected chi connectivity index (χ2v) is 5.27. The quantitative estimate of drug-likeness (QED) is 0.680. The van der Waals surface area contributed by atoms with Gasteiger partial charge in [0.05, 0.1) is 10.7 Å². The highest BCUT2D eigenvalue weighted by molar-refractivity contribution is 7.09. The smallest absolute Gasteiger partial charge is 0.0987 e. The van der Waals surface area contributed by atoms with Gasteiger partial charge in [-0.25, -0.2) is 4.98 Å². The molecule has 0 saturated heterocycles. The zero-order chi connectivity index (χ0) is 8.18. The minimum absolute atomic E-state index is 0.484. The number of hydrogen-bond acceptors (Lipinski definition) is 2. The van der Waals surface area contributed by atoms with E-state index in [1.807, 2.05) is 11.3 Å². The average Bonchev–Trinajstić information content (AvgIpc) is 2.97. The van der Waals surface area contributed by atoms with Crippen molar-refractivity contribution in [2.75, 3.05) is 0 Å². The Morgan fingerprint density at radius 1 is 1.50 bits per heavy atom. The van der Waals surface area contributed by atoms with Crippen LogP contribution in [0.1, 0.15) is 49.2 Å². The Morgan fingerprint density at radius 3 is 2.83 bits per heavy atom. The van der Waals surface area contributed by atoms with Crippen LogP contribution in [0.2, 0.25) is 0 Å². The summed E-state index contributed by atoms with van der Waals surface area (Å²) in [5.74, 6) is 0.831. The molecule has 2 aliphatic rings. The molecule has 0 unspecified atom stereocenters. The lowest BCUT2D eigenvalue weighted by Gasteiger charge is -2.00. The van der Waals surface area contributed by atoms with Crippen LogP contribution in [0.15, 0.2) is 5.38 Å². The van der Waals surface area contributed by atoms with Crippen LogP contribution in [-0.2, 0) is 5.41 Å². The van der Waals surface area contributed by atoms with Crippen LogP contribution in [0, 0.1) is 0 Å². The van der Waals surface area contributed by atoms with Crippen LogP contribution >= 0.6 is 11.3 Å². The number of rotatable bonds is 2. The normalized spacial score (nSPS) is 25.8. The van der Waals surface area contributed by atoms with Gasteiger partial charge in [0.2, 0.25) is 0 Å². The van der Waals surface area contributed by atoms with Crippen molar-refractivity contribution in [3.8, 4) is 0 Å². The first-order valence-electron chi connectivity index (χ1n) is 4.74. The van der Waals surface area contributed by atoms with Gasteiger partial charge in [-0.3, -0.25) is 0 Å². The maximum atomic E-state index is 4.72. The summed E-state index contributed by atoms with van der Waals surface area (Å²) in [5, 5.41) is 3.67. The Kier molecular flexibility index (Phi) is 1.24. The Balaban J connectivity index is 1.91. The van der Waals surface area contributed by atoms with Crippen molar-refractivity contribution < 1.29 is 0 Å². The van der Waals surface area contributed by atoms with Gasteiger partial charge in [0, 0.05) is 16.7 Å². The zero-order valence-corrected chi connectivity index (χ0v) is 8.16. The van der Waals surface area contributed by atoms with E-state index in [9.17, 15) is 0 Å². The van der Waals surface area contributed by atoms with Gasteiger partial charge in [-0.2, -0.15) is 0 Å². The number of nitrogens with zero attached hydrogens (tertiary/aromatic N) is 1. The van der Waals surface area contributed by atoms with Crippen molar-refractivity contribution >= 4 is 11.3 Å². The summed E-state index contributed by atoms with van der Waals surface area (Å²) in [4.78, 5) is 4.72. The topological polar surface area (TPSA) is 12.9 Å². The molecule has 2 saturated carbocycles. The first-order valence-corrected chi connectivity index (χ1v) is 5.62. The van der Waals surface area contributed by atoms with E-state index in [4.69, 9.17) is 4.98 Å². The first-order chi connectivity index (χ1) is 5.78. The summed E-state index contributed by atoms with van der Waals surface area (Å²) in [7, 11) is 0. The Bertz CT molecular complexity index is 307. The van der Waals surface area contributed by atoms with E-state index in [-0.39, 0.29) is 0 Å². The van der Waals surface area contributed by atoms with Crippen molar-refractivity contribution in [2.45, 2.75) is 43.9 Å². The standard InChI is InChI=1S/C10H13NS/c1-10(4-5-10)9-11-8(6-12-9)7-2-3-7/h6-7H,2-5H2,1H3. The van der Waals surface area contributed by atoms with Gasteiger partial charge in [0.25, 0.3) is 0 Å². The molecule has 0 atom stereocenters. The van der Waals surface area contributed by atoms with Gasteiger partial charge < -0.3 is 0 Å². The first kappa shape index (κ1) is 7.07. The van der Waals surface area contributed by atoms with Crippen LogP contribution < -0.4 is 0 Å². The molecule has 0 aromatic carbocycles. The molecule has 0 bridgehead atoms. The highest BCUT2D eigenvalue weighted by atomic mass is 32.1. The van der Waals surface area contributed by atoms with Gasteiger partial charge in [-0.1, -0.05) is 6.92 Å². The number of hydrogen-bond donors (Lipinski definition) is 0. The van der Waals surface area contributed by atoms with Crippen LogP contribution in [0.5, 0.6) is 0 Å². The van der Waals surface area contributed by atoms with Crippen LogP contribution in [0.3, 0.4) is 0 Å². The molecule has 0 spiro atoms. The van der Waals surface area contributed by atoms with Gasteiger partial charge in [-0.15, -0.1) is 11.3 Å². The SMILES string of the molecule is CC1(c2nc(C3CC3)cs2)CC1. The largest absolute Gasteiger partial charge is 0.245 e. The Labute approximate surface area is 76.8 Å². The third-order valence-corrected chi connectivity index (χ3v) is 4.20. The van der Waals surface area contributed by atoms with Crippen LogP contribution in [0.25, 0.3) is 0 Å². The van der Waals surface area contributed by atoms with Crippen molar-refractivity contribution in [3.63, 3.8) is 0 Å². The number of thiazole rings is 1. The fraction of sp³-hybridized carbons (Fsp3) is 0.700. The lowest BCUT2D eigenvalue weighted by atomic mass is 10.2.